The zero-order valence-electron chi connectivity index (χ0n) is 9.06. The molecule has 0 amide bonds. The maximum absolute atomic E-state index is 10.9. The van der Waals surface area contributed by atoms with Gasteiger partial charge in [0, 0.05) is 14.1 Å². The molecule has 0 bridgehead atoms. The van der Waals surface area contributed by atoms with Gasteiger partial charge in [-0.15, -0.1) is 0 Å². The number of hydrogen-bond donors (Lipinski definition) is 0. The van der Waals surface area contributed by atoms with Crippen LogP contribution in [0.5, 0.6) is 5.75 Å². The van der Waals surface area contributed by atoms with Crippen molar-refractivity contribution in [3.05, 3.63) is 28.3 Å². The number of hydrogen-bond acceptors (Lipinski definition) is 4. The lowest BCUT2D eigenvalue weighted by molar-refractivity contribution is -0.385. The van der Waals surface area contributed by atoms with Crippen molar-refractivity contribution in [1.29, 1.82) is 0 Å². The highest BCUT2D eigenvalue weighted by molar-refractivity contribution is 5.69. The fourth-order valence-corrected chi connectivity index (χ4v) is 1.33. The normalized spacial score (nSPS) is 9.80. The van der Waals surface area contributed by atoms with Gasteiger partial charge in [-0.25, -0.2) is 0 Å². The molecule has 1 aromatic rings. The lowest BCUT2D eigenvalue weighted by Crippen LogP contribution is -2.11. The van der Waals surface area contributed by atoms with Crippen LogP contribution in [0.15, 0.2) is 18.2 Å². The third-order valence-electron chi connectivity index (χ3n) is 1.94. The van der Waals surface area contributed by atoms with Gasteiger partial charge in [-0.1, -0.05) is 6.07 Å². The molecule has 0 spiro atoms. The number of rotatable bonds is 4. The highest BCUT2D eigenvalue weighted by Gasteiger charge is 2.21. The van der Waals surface area contributed by atoms with E-state index in [1.807, 2.05) is 0 Å². The zero-order chi connectivity index (χ0) is 11.4. The molecule has 0 aliphatic rings. The van der Waals surface area contributed by atoms with E-state index >= 15 is 0 Å². The van der Waals surface area contributed by atoms with E-state index in [0.29, 0.717) is 18.0 Å². The van der Waals surface area contributed by atoms with Gasteiger partial charge < -0.3 is 9.64 Å². The Morgan fingerprint density at radius 2 is 2.13 bits per heavy atom. The summed E-state index contributed by atoms with van der Waals surface area (Å²) in [6, 6.07) is 5.04. The van der Waals surface area contributed by atoms with Gasteiger partial charge in [-0.3, -0.25) is 10.1 Å². The Kier molecular flexibility index (Phi) is 3.49. The molecule has 5 nitrogen and oxygen atoms in total. The molecular weight excluding hydrogens is 196 g/mol. The zero-order valence-corrected chi connectivity index (χ0v) is 9.06. The Morgan fingerprint density at radius 1 is 1.47 bits per heavy atom. The van der Waals surface area contributed by atoms with Gasteiger partial charge in [-0.2, -0.15) is 0 Å². The van der Waals surface area contributed by atoms with E-state index in [4.69, 9.17) is 4.74 Å². The van der Waals surface area contributed by atoms with Crippen LogP contribution in [-0.4, -0.2) is 25.6 Å². The summed E-state index contributed by atoms with van der Waals surface area (Å²) in [6.07, 6.45) is 0. The van der Waals surface area contributed by atoms with Crippen LogP contribution in [0.4, 0.5) is 11.4 Å². The second kappa shape index (κ2) is 4.63. The molecule has 0 fully saturated rings. The van der Waals surface area contributed by atoms with Gasteiger partial charge in [0.15, 0.2) is 5.75 Å². The summed E-state index contributed by atoms with van der Waals surface area (Å²) >= 11 is 0. The van der Waals surface area contributed by atoms with E-state index in [1.54, 1.807) is 44.1 Å². The number of nitro groups is 1. The summed E-state index contributed by atoms with van der Waals surface area (Å²) in [4.78, 5) is 12.2. The Balaban J connectivity index is 3.28. The van der Waals surface area contributed by atoms with Crippen LogP contribution in [0.3, 0.4) is 0 Å². The molecule has 0 saturated carbocycles. The molecule has 0 aromatic heterocycles. The highest BCUT2D eigenvalue weighted by Crippen LogP contribution is 2.35. The topological polar surface area (TPSA) is 55.6 Å². The van der Waals surface area contributed by atoms with E-state index < -0.39 is 4.92 Å². The molecule has 1 aromatic carbocycles. The Morgan fingerprint density at radius 3 is 2.60 bits per heavy atom. The minimum Gasteiger partial charge on any atom is -0.487 e. The number of nitro benzene ring substituents is 1. The molecule has 82 valence electrons. The largest absolute Gasteiger partial charge is 0.487 e. The molecule has 1 rings (SSSR count). The summed E-state index contributed by atoms with van der Waals surface area (Å²) in [5.74, 6) is 0.314. The first kappa shape index (κ1) is 11.3. The second-order valence-electron chi connectivity index (χ2n) is 3.21. The van der Waals surface area contributed by atoms with Gasteiger partial charge in [0.05, 0.1) is 11.5 Å². The van der Waals surface area contributed by atoms with Crippen molar-refractivity contribution >= 4 is 11.4 Å². The van der Waals surface area contributed by atoms with Crippen molar-refractivity contribution in [3.63, 3.8) is 0 Å². The molecule has 0 atom stereocenters. The van der Waals surface area contributed by atoms with Crippen LogP contribution in [0.1, 0.15) is 6.92 Å². The van der Waals surface area contributed by atoms with Crippen molar-refractivity contribution in [1.82, 2.24) is 0 Å². The molecular formula is C10H14N2O3. The summed E-state index contributed by atoms with van der Waals surface area (Å²) in [5, 5.41) is 10.9. The van der Waals surface area contributed by atoms with Crippen molar-refractivity contribution in [2.75, 3.05) is 25.6 Å². The summed E-state index contributed by atoms with van der Waals surface area (Å²) < 4.78 is 5.22. The number of anilines is 1. The smallest absolute Gasteiger partial charge is 0.333 e. The van der Waals surface area contributed by atoms with Crippen LogP contribution in [0.25, 0.3) is 0 Å². The van der Waals surface area contributed by atoms with Gasteiger partial charge in [-0.05, 0) is 19.1 Å². The fraction of sp³-hybridized carbons (Fsp3) is 0.400. The number of para-hydroxylation sites is 1. The van der Waals surface area contributed by atoms with Gasteiger partial charge >= 0.3 is 5.69 Å². The van der Waals surface area contributed by atoms with Crippen molar-refractivity contribution in [2.45, 2.75) is 6.92 Å². The highest BCUT2D eigenvalue weighted by atomic mass is 16.6. The minimum absolute atomic E-state index is 0.0179. The number of nitrogens with zero attached hydrogens (tertiary/aromatic N) is 2. The van der Waals surface area contributed by atoms with Crippen LogP contribution < -0.4 is 9.64 Å². The van der Waals surface area contributed by atoms with E-state index in [1.165, 1.54) is 0 Å². The van der Waals surface area contributed by atoms with Crippen molar-refractivity contribution < 1.29 is 9.66 Å². The standard InChI is InChI=1S/C10H14N2O3/c1-4-15-9-7-5-6-8(11(2)3)10(9)12(13)14/h5-7H,4H2,1-3H3. The Labute approximate surface area is 88.4 Å². The molecule has 0 aliphatic heterocycles. The average molecular weight is 210 g/mol. The summed E-state index contributed by atoms with van der Waals surface area (Å²) in [7, 11) is 3.52. The number of ether oxygens (including phenoxy) is 1. The summed E-state index contributed by atoms with van der Waals surface area (Å²) in [5.41, 5.74) is 0.565. The van der Waals surface area contributed by atoms with Crippen LogP contribution >= 0.6 is 0 Å². The third-order valence-corrected chi connectivity index (χ3v) is 1.94. The van der Waals surface area contributed by atoms with Crippen molar-refractivity contribution in [3.8, 4) is 5.75 Å². The monoisotopic (exact) mass is 210 g/mol. The Hall–Kier alpha value is -1.78. The predicted octanol–water partition coefficient (Wildman–Crippen LogP) is 2.06. The van der Waals surface area contributed by atoms with Gasteiger partial charge in [0.25, 0.3) is 0 Å². The fourth-order valence-electron chi connectivity index (χ4n) is 1.33. The first-order chi connectivity index (χ1) is 7.07. The minimum atomic E-state index is -0.416. The molecule has 5 heteroatoms. The van der Waals surface area contributed by atoms with Gasteiger partial charge in [0.2, 0.25) is 0 Å². The lowest BCUT2D eigenvalue weighted by atomic mass is 10.2. The van der Waals surface area contributed by atoms with Gasteiger partial charge in [0.1, 0.15) is 5.69 Å². The predicted molar refractivity (Wildman–Crippen MR) is 58.6 cm³/mol. The molecule has 0 saturated heterocycles. The molecule has 0 N–H and O–H groups in total. The quantitative estimate of drug-likeness (QED) is 0.563. The molecule has 15 heavy (non-hydrogen) atoms. The van der Waals surface area contributed by atoms with E-state index in [9.17, 15) is 10.1 Å². The summed E-state index contributed by atoms with van der Waals surface area (Å²) in [6.45, 7) is 2.21. The van der Waals surface area contributed by atoms with Crippen LogP contribution in [0, 0.1) is 10.1 Å². The molecule has 0 aliphatic carbocycles. The SMILES string of the molecule is CCOc1cccc(N(C)C)c1[N+](=O)[O-]. The van der Waals surface area contributed by atoms with Crippen LogP contribution in [-0.2, 0) is 0 Å². The third kappa shape index (κ3) is 2.37. The van der Waals surface area contributed by atoms with E-state index in [2.05, 4.69) is 0 Å². The lowest BCUT2D eigenvalue weighted by Gasteiger charge is -2.14. The van der Waals surface area contributed by atoms with E-state index in [-0.39, 0.29) is 5.69 Å². The molecule has 0 heterocycles. The molecule has 0 radical (unpaired) electrons. The maximum Gasteiger partial charge on any atom is 0.333 e. The van der Waals surface area contributed by atoms with Crippen LogP contribution in [0.2, 0.25) is 0 Å². The first-order valence-corrected chi connectivity index (χ1v) is 4.65. The first-order valence-electron chi connectivity index (χ1n) is 4.65. The number of benzene rings is 1. The van der Waals surface area contributed by atoms with Crippen molar-refractivity contribution in [2.24, 2.45) is 0 Å². The molecule has 0 unspecified atom stereocenters. The Bertz CT molecular complexity index is 364. The van der Waals surface area contributed by atoms with E-state index in [0.717, 1.165) is 0 Å². The second-order valence-corrected chi connectivity index (χ2v) is 3.21. The maximum atomic E-state index is 10.9. The average Bonchev–Trinajstić information content (AvgIpc) is 2.17.